The van der Waals surface area contributed by atoms with Gasteiger partial charge in [0.1, 0.15) is 11.6 Å². The zero-order chi connectivity index (χ0) is 21.0. The third kappa shape index (κ3) is 4.50. The Hall–Kier alpha value is -4.34. The van der Waals surface area contributed by atoms with E-state index in [9.17, 15) is 19.5 Å². The van der Waals surface area contributed by atoms with Crippen molar-refractivity contribution in [3.8, 4) is 22.9 Å². The molecule has 10 nitrogen and oxygen atoms in total. The normalized spacial score (nSPS) is 10.2. The number of carbonyl (C=O) groups is 2. The molecule has 1 aromatic heterocycles. The second-order valence-corrected chi connectivity index (χ2v) is 5.81. The van der Waals surface area contributed by atoms with Crippen LogP contribution in [0.4, 0.5) is 16.2 Å². The minimum absolute atomic E-state index is 0.0654. The molecule has 10 heteroatoms. The van der Waals surface area contributed by atoms with Crippen molar-refractivity contribution in [1.82, 2.24) is 9.97 Å². The van der Waals surface area contributed by atoms with E-state index in [1.165, 1.54) is 13.2 Å². The highest BCUT2D eigenvalue weighted by molar-refractivity contribution is 6.00. The van der Waals surface area contributed by atoms with Crippen LogP contribution in [0.3, 0.4) is 0 Å². The molecule has 1 heterocycles. The van der Waals surface area contributed by atoms with E-state index < -0.39 is 29.0 Å². The van der Waals surface area contributed by atoms with Gasteiger partial charge in [-0.3, -0.25) is 4.79 Å². The molecule has 0 aliphatic carbocycles. The van der Waals surface area contributed by atoms with Gasteiger partial charge in [0.15, 0.2) is 5.69 Å². The van der Waals surface area contributed by atoms with Gasteiger partial charge in [-0.15, -0.1) is 0 Å². The number of aromatic amines is 1. The fourth-order valence-corrected chi connectivity index (χ4v) is 2.46. The van der Waals surface area contributed by atoms with E-state index in [4.69, 9.17) is 9.84 Å². The minimum Gasteiger partial charge on any atom is -0.501 e. The summed E-state index contributed by atoms with van der Waals surface area (Å²) in [5, 5.41) is 23.9. The van der Waals surface area contributed by atoms with E-state index in [0.29, 0.717) is 22.7 Å². The molecule has 0 fully saturated rings. The Balaban J connectivity index is 1.80. The number of nitrogens with one attached hydrogen (secondary N) is 3. The number of urea groups is 1. The predicted molar refractivity (Wildman–Crippen MR) is 105 cm³/mol. The van der Waals surface area contributed by atoms with Crippen molar-refractivity contribution < 1.29 is 24.5 Å². The van der Waals surface area contributed by atoms with Gasteiger partial charge in [0, 0.05) is 16.9 Å². The van der Waals surface area contributed by atoms with Crippen molar-refractivity contribution in [2.45, 2.75) is 0 Å². The summed E-state index contributed by atoms with van der Waals surface area (Å²) >= 11 is 0. The number of hydrogen-bond acceptors (Lipinski definition) is 6. The number of methoxy groups -OCH3 is 1. The van der Waals surface area contributed by atoms with E-state index in [1.807, 2.05) is 0 Å². The van der Waals surface area contributed by atoms with Crippen LogP contribution in [0.25, 0.3) is 11.4 Å². The fourth-order valence-electron chi connectivity index (χ4n) is 2.46. The van der Waals surface area contributed by atoms with Crippen molar-refractivity contribution in [3.63, 3.8) is 0 Å². The number of hydrogen-bond donors (Lipinski definition) is 5. The molecule has 0 bridgehead atoms. The van der Waals surface area contributed by atoms with Crippen LogP contribution in [0.15, 0.2) is 53.3 Å². The summed E-state index contributed by atoms with van der Waals surface area (Å²) in [7, 11) is 1.54. The lowest BCUT2D eigenvalue weighted by Gasteiger charge is -2.10. The number of aromatic nitrogens is 2. The molecule has 3 aromatic rings. The monoisotopic (exact) mass is 396 g/mol. The summed E-state index contributed by atoms with van der Waals surface area (Å²) in [6.07, 6.45) is 0. The molecular weight excluding hydrogens is 380 g/mol. The summed E-state index contributed by atoms with van der Waals surface area (Å²) < 4.78 is 5.05. The molecule has 2 aromatic carbocycles. The summed E-state index contributed by atoms with van der Waals surface area (Å²) in [6.45, 7) is 0. The quantitative estimate of drug-likeness (QED) is 0.444. The molecule has 0 atom stereocenters. The average Bonchev–Trinajstić information content (AvgIpc) is 2.70. The van der Waals surface area contributed by atoms with E-state index in [-0.39, 0.29) is 5.82 Å². The topological polar surface area (TPSA) is 154 Å². The average molecular weight is 396 g/mol. The number of nitrogens with zero attached hydrogens (tertiary/aromatic N) is 1. The lowest BCUT2D eigenvalue weighted by Crippen LogP contribution is -2.19. The molecule has 0 radical (unpaired) electrons. The first-order chi connectivity index (χ1) is 13.9. The van der Waals surface area contributed by atoms with Gasteiger partial charge in [0.05, 0.1) is 7.11 Å². The highest BCUT2D eigenvalue weighted by atomic mass is 16.5. The number of rotatable bonds is 5. The number of ether oxygens (including phenoxy) is 1. The second kappa shape index (κ2) is 8.13. The zero-order valence-corrected chi connectivity index (χ0v) is 15.1. The molecule has 5 N–H and O–H groups in total. The maximum Gasteiger partial charge on any atom is 0.358 e. The van der Waals surface area contributed by atoms with Crippen molar-refractivity contribution in [2.75, 3.05) is 17.7 Å². The number of aromatic carboxylic acids is 1. The van der Waals surface area contributed by atoms with Crippen LogP contribution in [0.2, 0.25) is 0 Å². The van der Waals surface area contributed by atoms with E-state index in [0.717, 1.165) is 0 Å². The first-order valence-corrected chi connectivity index (χ1v) is 8.26. The molecule has 0 aliphatic heterocycles. The second-order valence-electron chi connectivity index (χ2n) is 5.81. The van der Waals surface area contributed by atoms with E-state index in [2.05, 4.69) is 20.6 Å². The highest BCUT2D eigenvalue weighted by Crippen LogP contribution is 2.21. The third-order valence-electron chi connectivity index (χ3n) is 3.84. The Morgan fingerprint density at radius 2 is 1.76 bits per heavy atom. The van der Waals surface area contributed by atoms with Crippen LogP contribution in [-0.2, 0) is 0 Å². The van der Waals surface area contributed by atoms with Gasteiger partial charge in [0.25, 0.3) is 5.56 Å². The maximum atomic E-state index is 12.2. The smallest absolute Gasteiger partial charge is 0.358 e. The summed E-state index contributed by atoms with van der Waals surface area (Å²) in [4.78, 5) is 41.1. The highest BCUT2D eigenvalue weighted by Gasteiger charge is 2.17. The Kier molecular flexibility index (Phi) is 5.44. The molecule has 0 spiro atoms. The molecule has 0 saturated carbocycles. The number of amides is 2. The summed E-state index contributed by atoms with van der Waals surface area (Å²) in [5.74, 6) is -1.93. The fraction of sp³-hybridized carbons (Fsp3) is 0.0526. The van der Waals surface area contributed by atoms with Gasteiger partial charge in [-0.2, -0.15) is 0 Å². The Morgan fingerprint density at radius 3 is 2.41 bits per heavy atom. The van der Waals surface area contributed by atoms with Gasteiger partial charge >= 0.3 is 12.0 Å². The minimum atomic E-state index is -1.54. The van der Waals surface area contributed by atoms with Crippen molar-refractivity contribution >= 4 is 23.4 Å². The maximum absolute atomic E-state index is 12.2. The third-order valence-corrected chi connectivity index (χ3v) is 3.84. The summed E-state index contributed by atoms with van der Waals surface area (Å²) in [6, 6.07) is 12.5. The number of carboxylic acids is 1. The van der Waals surface area contributed by atoms with Gasteiger partial charge in [0.2, 0.25) is 5.75 Å². The van der Waals surface area contributed by atoms with Gasteiger partial charge < -0.3 is 30.6 Å². The molecule has 0 unspecified atom stereocenters. The lowest BCUT2D eigenvalue weighted by atomic mass is 10.2. The Labute approximate surface area is 163 Å². The predicted octanol–water partition coefficient (Wildman–Crippen LogP) is 2.49. The molecule has 29 heavy (non-hydrogen) atoms. The van der Waals surface area contributed by atoms with Crippen molar-refractivity contribution in [1.29, 1.82) is 0 Å². The number of anilines is 2. The molecule has 148 valence electrons. The molecule has 0 saturated heterocycles. The van der Waals surface area contributed by atoms with Crippen LogP contribution in [-0.4, -0.2) is 39.3 Å². The zero-order valence-electron chi connectivity index (χ0n) is 15.1. The molecular formula is C19H16N4O6. The lowest BCUT2D eigenvalue weighted by molar-refractivity contribution is 0.0686. The van der Waals surface area contributed by atoms with Crippen molar-refractivity contribution in [2.24, 2.45) is 0 Å². The van der Waals surface area contributed by atoms with Crippen LogP contribution in [0, 0.1) is 0 Å². The number of H-pyrrole nitrogens is 1. The first kappa shape index (κ1) is 19.4. The van der Waals surface area contributed by atoms with Crippen molar-refractivity contribution in [3.05, 3.63) is 64.6 Å². The molecule has 3 rings (SSSR count). The van der Waals surface area contributed by atoms with Crippen LogP contribution < -0.4 is 20.9 Å². The SMILES string of the molecule is COc1ccc(NC(=O)Nc2cccc(-c3nc(C(=O)O)c(O)c(=O)[nH]3)c2)cc1. The Morgan fingerprint density at radius 1 is 1.07 bits per heavy atom. The van der Waals surface area contributed by atoms with Crippen LogP contribution >= 0.6 is 0 Å². The van der Waals surface area contributed by atoms with Gasteiger partial charge in [-0.25, -0.2) is 14.6 Å². The number of carbonyl (C=O) groups excluding carboxylic acids is 1. The van der Waals surface area contributed by atoms with E-state index in [1.54, 1.807) is 42.5 Å². The molecule has 2 amide bonds. The standard InChI is InChI=1S/C19H16N4O6/c1-29-13-7-5-11(6-8-13)20-19(28)21-12-4-2-3-10(9-12)16-22-14(18(26)27)15(24)17(25)23-16/h2-9,24H,1H3,(H,26,27)(H2,20,21,28)(H,22,23,25). The number of benzene rings is 2. The molecule has 0 aliphatic rings. The number of carboxylic acid groups (broad SMARTS) is 1. The number of aromatic hydroxyl groups is 1. The van der Waals surface area contributed by atoms with E-state index >= 15 is 0 Å². The summed E-state index contributed by atoms with van der Waals surface area (Å²) in [5.41, 5.74) is -0.481. The largest absolute Gasteiger partial charge is 0.501 e. The van der Waals surface area contributed by atoms with Gasteiger partial charge in [-0.1, -0.05) is 12.1 Å². The van der Waals surface area contributed by atoms with Gasteiger partial charge in [-0.05, 0) is 36.4 Å². The van der Waals surface area contributed by atoms with Crippen LogP contribution in [0.1, 0.15) is 10.5 Å². The van der Waals surface area contributed by atoms with Crippen LogP contribution in [0.5, 0.6) is 11.5 Å². The first-order valence-electron chi connectivity index (χ1n) is 8.26. The Bertz CT molecular complexity index is 1120.